The lowest BCUT2D eigenvalue weighted by atomic mass is 9.96. The minimum atomic E-state index is -0.781. The Labute approximate surface area is 142 Å². The molecule has 0 bridgehead atoms. The molecule has 0 radical (unpaired) electrons. The summed E-state index contributed by atoms with van der Waals surface area (Å²) in [4.78, 5) is 14.1. The molecule has 24 heavy (non-hydrogen) atoms. The first kappa shape index (κ1) is 18.2. The molecule has 130 valence electrons. The fourth-order valence-electron chi connectivity index (χ4n) is 3.11. The zero-order valence-corrected chi connectivity index (χ0v) is 14.6. The Morgan fingerprint density at radius 3 is 2.62 bits per heavy atom. The summed E-state index contributed by atoms with van der Waals surface area (Å²) in [6.45, 7) is 7.81. The van der Waals surface area contributed by atoms with Crippen molar-refractivity contribution in [1.29, 1.82) is 5.26 Å². The Hall–Kier alpha value is -2.10. The number of hydrogen-bond acceptors (Lipinski definition) is 4. The maximum atomic E-state index is 12.6. The molecule has 1 saturated heterocycles. The van der Waals surface area contributed by atoms with E-state index in [4.69, 9.17) is 5.26 Å². The van der Waals surface area contributed by atoms with E-state index in [1.165, 1.54) is 4.90 Å². The van der Waals surface area contributed by atoms with Crippen LogP contribution in [0.1, 0.15) is 37.0 Å². The first-order chi connectivity index (χ1) is 11.3. The highest BCUT2D eigenvalue weighted by molar-refractivity contribution is 5.91. The monoisotopic (exact) mass is 331 g/mol. The Kier molecular flexibility index (Phi) is 5.47. The van der Waals surface area contributed by atoms with E-state index in [1.54, 1.807) is 12.1 Å². The van der Waals surface area contributed by atoms with Gasteiger partial charge in [-0.2, -0.15) is 5.26 Å². The molecule has 0 saturated carbocycles. The highest BCUT2D eigenvalue weighted by atomic mass is 16.3. The topological polar surface area (TPSA) is 96.6 Å². The van der Waals surface area contributed by atoms with E-state index < -0.39 is 18.2 Å². The van der Waals surface area contributed by atoms with Crippen molar-refractivity contribution in [2.45, 2.75) is 52.4 Å². The van der Waals surface area contributed by atoms with Gasteiger partial charge >= 0.3 is 6.03 Å². The smallest absolute Gasteiger partial charge is 0.322 e. The van der Waals surface area contributed by atoms with Crippen LogP contribution in [0, 0.1) is 31.1 Å². The van der Waals surface area contributed by atoms with E-state index >= 15 is 0 Å². The summed E-state index contributed by atoms with van der Waals surface area (Å²) in [6.07, 6.45) is -1.05. The first-order valence-electron chi connectivity index (χ1n) is 8.22. The summed E-state index contributed by atoms with van der Waals surface area (Å²) in [6, 6.07) is 4.56. The highest BCUT2D eigenvalue weighted by Crippen LogP contribution is 2.27. The Bertz CT molecular complexity index is 666. The predicted octanol–water partition coefficient (Wildman–Crippen LogP) is 2.16. The van der Waals surface area contributed by atoms with Gasteiger partial charge in [-0.25, -0.2) is 4.79 Å². The average molecular weight is 331 g/mol. The standard InChI is InChI=1S/C18H25N3O3/c1-10(2)17(23)16-15(22)7-8-21(16)18(24)20-14-6-5-13(9-19)11(3)12(14)4/h5-6,10,15-17,22-23H,7-8H2,1-4H3,(H,20,24)/t15?,16-,17-/m0/s1. The normalized spacial score (nSPS) is 21.7. The van der Waals surface area contributed by atoms with Crippen LogP contribution < -0.4 is 5.32 Å². The Morgan fingerprint density at radius 1 is 1.38 bits per heavy atom. The lowest BCUT2D eigenvalue weighted by molar-refractivity contribution is 0.00480. The second-order valence-corrected chi connectivity index (χ2v) is 6.73. The van der Waals surface area contributed by atoms with E-state index in [9.17, 15) is 15.0 Å². The lowest BCUT2D eigenvalue weighted by Gasteiger charge is -2.32. The molecule has 2 rings (SSSR count). The van der Waals surface area contributed by atoms with Gasteiger partial charge in [0.05, 0.1) is 29.9 Å². The molecular formula is C18H25N3O3. The number of nitriles is 1. The quantitative estimate of drug-likeness (QED) is 0.791. The summed E-state index contributed by atoms with van der Waals surface area (Å²) >= 11 is 0. The molecule has 1 aromatic carbocycles. The van der Waals surface area contributed by atoms with Gasteiger partial charge in [0.2, 0.25) is 0 Å². The highest BCUT2D eigenvalue weighted by Gasteiger charge is 2.41. The van der Waals surface area contributed by atoms with Crippen molar-refractivity contribution < 1.29 is 15.0 Å². The average Bonchev–Trinajstić information content (AvgIpc) is 2.92. The minimum Gasteiger partial charge on any atom is -0.391 e. The van der Waals surface area contributed by atoms with Crippen LogP contribution in [0.5, 0.6) is 0 Å². The summed E-state index contributed by atoms with van der Waals surface area (Å²) in [5, 5.41) is 32.4. The largest absolute Gasteiger partial charge is 0.391 e. The number of hydrogen-bond donors (Lipinski definition) is 3. The number of aliphatic hydroxyl groups is 2. The number of amides is 2. The predicted molar refractivity (Wildman–Crippen MR) is 91.6 cm³/mol. The van der Waals surface area contributed by atoms with E-state index in [1.807, 2.05) is 27.7 Å². The van der Waals surface area contributed by atoms with Crippen molar-refractivity contribution in [2.75, 3.05) is 11.9 Å². The number of carbonyl (C=O) groups excluding carboxylic acids is 1. The van der Waals surface area contributed by atoms with Crippen molar-refractivity contribution >= 4 is 11.7 Å². The van der Waals surface area contributed by atoms with Gasteiger partial charge in [0.1, 0.15) is 0 Å². The van der Waals surface area contributed by atoms with Gasteiger partial charge in [0, 0.05) is 12.2 Å². The number of likely N-dealkylation sites (tertiary alicyclic amines) is 1. The van der Waals surface area contributed by atoms with E-state index in [2.05, 4.69) is 11.4 Å². The molecule has 1 aliphatic rings. The molecule has 0 spiro atoms. The second-order valence-electron chi connectivity index (χ2n) is 6.73. The number of anilines is 1. The fraction of sp³-hybridized carbons (Fsp3) is 0.556. The number of nitrogens with one attached hydrogen (secondary N) is 1. The molecular weight excluding hydrogens is 306 g/mol. The third-order valence-electron chi connectivity index (χ3n) is 4.86. The van der Waals surface area contributed by atoms with Gasteiger partial charge in [0.15, 0.2) is 0 Å². The molecule has 1 heterocycles. The zero-order chi connectivity index (χ0) is 18.0. The van der Waals surface area contributed by atoms with Crippen molar-refractivity contribution in [2.24, 2.45) is 5.92 Å². The molecule has 1 fully saturated rings. The van der Waals surface area contributed by atoms with Crippen molar-refractivity contribution in [1.82, 2.24) is 4.90 Å². The maximum absolute atomic E-state index is 12.6. The third-order valence-corrected chi connectivity index (χ3v) is 4.86. The van der Waals surface area contributed by atoms with Crippen LogP contribution in [0.3, 0.4) is 0 Å². The first-order valence-corrected chi connectivity index (χ1v) is 8.22. The van der Waals surface area contributed by atoms with Gasteiger partial charge in [0.25, 0.3) is 0 Å². The lowest BCUT2D eigenvalue weighted by Crippen LogP contribution is -2.50. The number of aliphatic hydroxyl groups excluding tert-OH is 2. The van der Waals surface area contributed by atoms with Crippen molar-refractivity contribution in [3.05, 3.63) is 28.8 Å². The van der Waals surface area contributed by atoms with E-state index in [0.717, 1.165) is 11.1 Å². The maximum Gasteiger partial charge on any atom is 0.322 e. The summed E-state index contributed by atoms with van der Waals surface area (Å²) < 4.78 is 0. The van der Waals surface area contributed by atoms with E-state index in [0.29, 0.717) is 24.2 Å². The molecule has 0 aromatic heterocycles. The fourth-order valence-corrected chi connectivity index (χ4v) is 3.11. The molecule has 6 nitrogen and oxygen atoms in total. The van der Waals surface area contributed by atoms with Crippen LogP contribution in [0.15, 0.2) is 12.1 Å². The SMILES string of the molecule is Cc1c(C#N)ccc(NC(=O)N2CCC(O)[C@H]2[C@@H](O)C(C)C)c1C. The molecule has 2 amide bonds. The van der Waals surface area contributed by atoms with Crippen LogP contribution in [0.25, 0.3) is 0 Å². The van der Waals surface area contributed by atoms with Gasteiger partial charge in [-0.15, -0.1) is 0 Å². The van der Waals surface area contributed by atoms with Gasteiger partial charge in [-0.05, 0) is 49.4 Å². The van der Waals surface area contributed by atoms with Crippen LogP contribution in [-0.2, 0) is 0 Å². The number of urea groups is 1. The Balaban J connectivity index is 2.21. The summed E-state index contributed by atoms with van der Waals surface area (Å²) in [5.74, 6) is -0.0584. The molecule has 3 N–H and O–H groups in total. The van der Waals surface area contributed by atoms with Crippen LogP contribution in [0.2, 0.25) is 0 Å². The van der Waals surface area contributed by atoms with Crippen LogP contribution in [-0.4, -0.2) is 45.9 Å². The molecule has 3 atom stereocenters. The number of benzene rings is 1. The molecule has 6 heteroatoms. The number of rotatable bonds is 3. The second kappa shape index (κ2) is 7.20. The van der Waals surface area contributed by atoms with Crippen molar-refractivity contribution in [3.8, 4) is 6.07 Å². The van der Waals surface area contributed by atoms with E-state index in [-0.39, 0.29) is 11.9 Å². The minimum absolute atomic E-state index is 0.0584. The zero-order valence-electron chi connectivity index (χ0n) is 14.6. The van der Waals surface area contributed by atoms with Gasteiger partial charge in [-0.3, -0.25) is 0 Å². The Morgan fingerprint density at radius 2 is 2.04 bits per heavy atom. The van der Waals surface area contributed by atoms with Gasteiger partial charge in [-0.1, -0.05) is 13.8 Å². The molecule has 1 aromatic rings. The number of carbonyl (C=O) groups is 1. The van der Waals surface area contributed by atoms with Gasteiger partial charge < -0.3 is 20.4 Å². The summed E-state index contributed by atoms with van der Waals surface area (Å²) in [7, 11) is 0. The number of nitrogens with zero attached hydrogens (tertiary/aromatic N) is 2. The third kappa shape index (κ3) is 3.37. The van der Waals surface area contributed by atoms with Crippen LogP contribution in [0.4, 0.5) is 10.5 Å². The van der Waals surface area contributed by atoms with Crippen LogP contribution >= 0.6 is 0 Å². The van der Waals surface area contributed by atoms with Crippen molar-refractivity contribution in [3.63, 3.8) is 0 Å². The molecule has 1 unspecified atom stereocenters. The summed E-state index contributed by atoms with van der Waals surface area (Å²) in [5.41, 5.74) is 2.88. The molecule has 1 aliphatic heterocycles. The molecule has 0 aliphatic carbocycles.